The van der Waals surface area contributed by atoms with Gasteiger partial charge in [0.2, 0.25) is 0 Å². The molecular formula is C15H22ClN3S. The van der Waals surface area contributed by atoms with E-state index < -0.39 is 0 Å². The molecule has 5 heteroatoms. The smallest absolute Gasteiger partial charge is 0.108 e. The lowest BCUT2D eigenvalue weighted by Gasteiger charge is -2.28. The van der Waals surface area contributed by atoms with E-state index in [1.165, 1.54) is 16.1 Å². The number of fused-ring (bicyclic) bond motifs is 1. The molecule has 3 rings (SSSR count). The first kappa shape index (κ1) is 15.7. The van der Waals surface area contributed by atoms with Crippen molar-refractivity contribution in [2.75, 3.05) is 26.7 Å². The SMILES string of the molecule is CN(Cc1nc2ccccc2s1)CC1(C)CCNC1.Cl. The van der Waals surface area contributed by atoms with Gasteiger partial charge in [-0.25, -0.2) is 4.98 Å². The highest BCUT2D eigenvalue weighted by Gasteiger charge is 2.29. The normalized spacial score (nSPS) is 22.4. The number of halogens is 1. The number of rotatable bonds is 4. The second-order valence-electron chi connectivity index (χ2n) is 5.99. The molecule has 0 radical (unpaired) electrons. The van der Waals surface area contributed by atoms with Crippen LogP contribution in [-0.2, 0) is 6.54 Å². The van der Waals surface area contributed by atoms with Crippen LogP contribution in [0, 0.1) is 5.41 Å². The second kappa shape index (κ2) is 6.39. The van der Waals surface area contributed by atoms with Crippen LogP contribution in [0.15, 0.2) is 24.3 Å². The van der Waals surface area contributed by atoms with E-state index in [4.69, 9.17) is 4.98 Å². The summed E-state index contributed by atoms with van der Waals surface area (Å²) in [6, 6.07) is 8.39. The fraction of sp³-hybridized carbons (Fsp3) is 0.533. The zero-order chi connectivity index (χ0) is 13.3. The molecule has 0 spiro atoms. The van der Waals surface area contributed by atoms with Gasteiger partial charge in [0.15, 0.2) is 0 Å². The molecule has 1 fully saturated rings. The number of hydrogen-bond donors (Lipinski definition) is 1. The summed E-state index contributed by atoms with van der Waals surface area (Å²) < 4.78 is 1.29. The zero-order valence-corrected chi connectivity index (χ0v) is 13.7. The molecule has 0 saturated carbocycles. The minimum Gasteiger partial charge on any atom is -0.316 e. The lowest BCUT2D eigenvalue weighted by molar-refractivity contribution is 0.203. The van der Waals surface area contributed by atoms with Gasteiger partial charge >= 0.3 is 0 Å². The molecular weight excluding hydrogens is 290 g/mol. The highest BCUT2D eigenvalue weighted by molar-refractivity contribution is 7.18. The number of nitrogens with one attached hydrogen (secondary N) is 1. The van der Waals surface area contributed by atoms with E-state index >= 15 is 0 Å². The number of benzene rings is 1. The average molecular weight is 312 g/mol. The van der Waals surface area contributed by atoms with Crippen molar-refractivity contribution in [2.45, 2.75) is 19.9 Å². The van der Waals surface area contributed by atoms with E-state index in [1.54, 1.807) is 0 Å². The van der Waals surface area contributed by atoms with Gasteiger partial charge < -0.3 is 5.32 Å². The van der Waals surface area contributed by atoms with Gasteiger partial charge in [0.25, 0.3) is 0 Å². The Kier molecular flexibility index (Phi) is 5.02. The molecule has 1 aromatic carbocycles. The van der Waals surface area contributed by atoms with Crippen molar-refractivity contribution >= 4 is 34.0 Å². The third kappa shape index (κ3) is 3.50. The van der Waals surface area contributed by atoms with E-state index in [0.29, 0.717) is 5.41 Å². The van der Waals surface area contributed by atoms with Crippen LogP contribution in [0.2, 0.25) is 0 Å². The number of thiazole rings is 1. The number of hydrogen-bond acceptors (Lipinski definition) is 4. The molecule has 1 aliphatic heterocycles. The van der Waals surface area contributed by atoms with Crippen molar-refractivity contribution in [3.8, 4) is 0 Å². The highest BCUT2D eigenvalue weighted by atomic mass is 35.5. The number of nitrogens with zero attached hydrogens (tertiary/aromatic N) is 2. The largest absolute Gasteiger partial charge is 0.316 e. The van der Waals surface area contributed by atoms with Crippen molar-refractivity contribution in [2.24, 2.45) is 5.41 Å². The summed E-state index contributed by atoms with van der Waals surface area (Å²) in [4.78, 5) is 7.12. The summed E-state index contributed by atoms with van der Waals surface area (Å²) in [6.45, 7) is 6.76. The Balaban J connectivity index is 0.00000147. The van der Waals surface area contributed by atoms with E-state index in [-0.39, 0.29) is 12.4 Å². The zero-order valence-electron chi connectivity index (χ0n) is 12.1. The van der Waals surface area contributed by atoms with Crippen molar-refractivity contribution in [3.63, 3.8) is 0 Å². The molecule has 1 aliphatic rings. The summed E-state index contributed by atoms with van der Waals surface area (Å²) >= 11 is 1.81. The molecule has 1 unspecified atom stereocenters. The van der Waals surface area contributed by atoms with Crippen molar-refractivity contribution in [1.29, 1.82) is 0 Å². The molecule has 0 amide bonds. The van der Waals surface area contributed by atoms with Crippen LogP contribution in [-0.4, -0.2) is 36.6 Å². The Morgan fingerprint density at radius 2 is 2.20 bits per heavy atom. The molecule has 20 heavy (non-hydrogen) atoms. The summed E-state index contributed by atoms with van der Waals surface area (Å²) in [6.07, 6.45) is 1.27. The molecule has 110 valence electrons. The highest BCUT2D eigenvalue weighted by Crippen LogP contribution is 2.27. The molecule has 0 bridgehead atoms. The van der Waals surface area contributed by atoms with Crippen molar-refractivity contribution < 1.29 is 0 Å². The minimum absolute atomic E-state index is 0. The van der Waals surface area contributed by atoms with E-state index in [0.717, 1.165) is 31.7 Å². The van der Waals surface area contributed by atoms with Crippen LogP contribution in [0.25, 0.3) is 10.2 Å². The summed E-state index contributed by atoms with van der Waals surface area (Å²) in [5.74, 6) is 0. The van der Waals surface area contributed by atoms with Crippen LogP contribution in [0.5, 0.6) is 0 Å². The third-order valence-corrected chi connectivity index (χ3v) is 4.87. The van der Waals surface area contributed by atoms with Gasteiger partial charge in [0.05, 0.1) is 16.8 Å². The Morgan fingerprint density at radius 3 is 2.90 bits per heavy atom. The first-order chi connectivity index (χ1) is 9.15. The standard InChI is InChI=1S/C15H21N3S.ClH/c1-15(7-8-16-10-15)11-18(2)9-14-17-12-5-3-4-6-13(12)19-14;/h3-6,16H,7-11H2,1-2H3;1H. The van der Waals surface area contributed by atoms with Crippen LogP contribution in [0.1, 0.15) is 18.4 Å². The Bertz CT molecular complexity index is 530. The lowest BCUT2D eigenvalue weighted by atomic mass is 9.89. The predicted octanol–water partition coefficient (Wildman–Crippen LogP) is 3.15. The van der Waals surface area contributed by atoms with Crippen molar-refractivity contribution in [3.05, 3.63) is 29.3 Å². The van der Waals surface area contributed by atoms with Crippen LogP contribution in [0.3, 0.4) is 0 Å². The summed E-state index contributed by atoms with van der Waals surface area (Å²) in [5.41, 5.74) is 1.55. The van der Waals surface area contributed by atoms with E-state index in [9.17, 15) is 0 Å². The Labute approximate surface area is 130 Å². The maximum atomic E-state index is 4.71. The van der Waals surface area contributed by atoms with Gasteiger partial charge in [-0.05, 0) is 37.6 Å². The van der Waals surface area contributed by atoms with Gasteiger partial charge in [0, 0.05) is 13.1 Å². The predicted molar refractivity (Wildman–Crippen MR) is 88.8 cm³/mol. The van der Waals surface area contributed by atoms with Gasteiger partial charge in [-0.3, -0.25) is 4.90 Å². The maximum absolute atomic E-state index is 4.71. The first-order valence-electron chi connectivity index (χ1n) is 6.88. The van der Waals surface area contributed by atoms with Gasteiger partial charge in [-0.2, -0.15) is 0 Å². The fourth-order valence-corrected chi connectivity index (χ4v) is 3.98. The first-order valence-corrected chi connectivity index (χ1v) is 7.70. The quantitative estimate of drug-likeness (QED) is 0.940. The molecule has 2 aromatic rings. The molecule has 1 saturated heterocycles. The molecule has 1 atom stereocenters. The van der Waals surface area contributed by atoms with E-state index in [2.05, 4.69) is 48.5 Å². The van der Waals surface area contributed by atoms with E-state index in [1.807, 2.05) is 11.3 Å². The molecule has 3 nitrogen and oxygen atoms in total. The van der Waals surface area contributed by atoms with Crippen LogP contribution >= 0.6 is 23.7 Å². The maximum Gasteiger partial charge on any atom is 0.108 e. The molecule has 0 aliphatic carbocycles. The van der Waals surface area contributed by atoms with Crippen LogP contribution in [0.4, 0.5) is 0 Å². The molecule has 1 aromatic heterocycles. The van der Waals surface area contributed by atoms with Crippen molar-refractivity contribution in [1.82, 2.24) is 15.2 Å². The van der Waals surface area contributed by atoms with Gasteiger partial charge in [-0.15, -0.1) is 23.7 Å². The molecule has 1 N–H and O–H groups in total. The molecule has 2 heterocycles. The Morgan fingerprint density at radius 1 is 1.40 bits per heavy atom. The monoisotopic (exact) mass is 311 g/mol. The summed E-state index contributed by atoms with van der Waals surface area (Å²) in [7, 11) is 2.20. The van der Waals surface area contributed by atoms with Gasteiger partial charge in [-0.1, -0.05) is 19.1 Å². The summed E-state index contributed by atoms with van der Waals surface area (Å²) in [5, 5.41) is 4.68. The Hall–Kier alpha value is -0.680. The van der Waals surface area contributed by atoms with Gasteiger partial charge in [0.1, 0.15) is 5.01 Å². The lowest BCUT2D eigenvalue weighted by Crippen LogP contribution is -2.34. The minimum atomic E-state index is 0. The fourth-order valence-electron chi connectivity index (χ4n) is 2.93. The number of para-hydroxylation sites is 1. The topological polar surface area (TPSA) is 28.2 Å². The number of aromatic nitrogens is 1. The van der Waals surface area contributed by atoms with Crippen LogP contribution < -0.4 is 5.32 Å². The second-order valence-corrected chi connectivity index (χ2v) is 7.10. The third-order valence-electron chi connectivity index (χ3n) is 3.85. The average Bonchev–Trinajstić information content (AvgIpc) is 2.94.